The van der Waals surface area contributed by atoms with Crippen LogP contribution in [0.5, 0.6) is 11.6 Å². The van der Waals surface area contributed by atoms with Crippen molar-refractivity contribution in [3.63, 3.8) is 0 Å². The van der Waals surface area contributed by atoms with Gasteiger partial charge < -0.3 is 14.8 Å². The van der Waals surface area contributed by atoms with E-state index in [4.69, 9.17) is 9.47 Å². The maximum absolute atomic E-state index is 13.6. The third kappa shape index (κ3) is 3.65. The molecule has 1 amide bonds. The van der Waals surface area contributed by atoms with Crippen LogP contribution < -0.4 is 14.8 Å². The van der Waals surface area contributed by atoms with Crippen LogP contribution in [0.1, 0.15) is 12.7 Å². The number of nitrogens with one attached hydrogen (secondary N) is 1. The third-order valence-electron chi connectivity index (χ3n) is 3.44. The Hall–Kier alpha value is -3.23. The molecular weight excluding hydrogens is 329 g/mol. The Morgan fingerprint density at radius 3 is 2.84 bits per heavy atom. The van der Waals surface area contributed by atoms with E-state index < -0.39 is 17.8 Å². The van der Waals surface area contributed by atoms with E-state index in [2.05, 4.69) is 20.6 Å². The Bertz CT molecular complexity index is 898. The Labute approximate surface area is 142 Å². The van der Waals surface area contributed by atoms with Crippen molar-refractivity contribution in [1.82, 2.24) is 25.1 Å². The third-order valence-corrected chi connectivity index (χ3v) is 3.44. The number of hydrogen-bond acceptors (Lipinski definition) is 6. The Morgan fingerprint density at radius 2 is 2.08 bits per heavy atom. The molecule has 8 nitrogen and oxygen atoms in total. The molecule has 25 heavy (non-hydrogen) atoms. The number of carbonyl (C=O) groups excluding carboxylic acids is 1. The summed E-state index contributed by atoms with van der Waals surface area (Å²) < 4.78 is 25.4. The van der Waals surface area contributed by atoms with Crippen molar-refractivity contribution >= 4 is 11.6 Å². The number of nitrogens with zero attached hydrogens (tertiary/aromatic N) is 4. The van der Waals surface area contributed by atoms with Crippen molar-refractivity contribution < 1.29 is 18.7 Å². The zero-order valence-electron chi connectivity index (χ0n) is 13.6. The standard InChI is InChI=1S/C16H16FN5O3/c1-10(25-12-6-4-3-5-11(12)17)16(23)18-9-14-20-19-13-7-8-15(24-2)21-22(13)14/h3-8,10H,9H2,1-2H3,(H,18,23)/t10-/m0/s1. The average Bonchev–Trinajstić information content (AvgIpc) is 3.03. The molecule has 1 atom stereocenters. The molecule has 3 aromatic rings. The largest absolute Gasteiger partial charge is 0.480 e. The normalized spacial score (nSPS) is 12.0. The molecule has 2 aromatic heterocycles. The summed E-state index contributed by atoms with van der Waals surface area (Å²) in [6, 6.07) is 9.27. The molecule has 0 aliphatic heterocycles. The molecule has 1 N–H and O–H groups in total. The van der Waals surface area contributed by atoms with Gasteiger partial charge in [-0.15, -0.1) is 15.3 Å². The van der Waals surface area contributed by atoms with Gasteiger partial charge in [-0.05, 0) is 25.1 Å². The molecule has 2 heterocycles. The van der Waals surface area contributed by atoms with Crippen molar-refractivity contribution in [2.75, 3.05) is 7.11 Å². The van der Waals surface area contributed by atoms with Crippen LogP contribution in [0.15, 0.2) is 36.4 Å². The maximum Gasteiger partial charge on any atom is 0.261 e. The van der Waals surface area contributed by atoms with E-state index in [-0.39, 0.29) is 12.3 Å². The monoisotopic (exact) mass is 345 g/mol. The van der Waals surface area contributed by atoms with Crippen LogP contribution >= 0.6 is 0 Å². The van der Waals surface area contributed by atoms with Gasteiger partial charge in [0, 0.05) is 6.07 Å². The smallest absolute Gasteiger partial charge is 0.261 e. The lowest BCUT2D eigenvalue weighted by Crippen LogP contribution is -2.36. The lowest BCUT2D eigenvalue weighted by Gasteiger charge is -2.14. The van der Waals surface area contributed by atoms with Gasteiger partial charge in [0.15, 0.2) is 29.1 Å². The highest BCUT2D eigenvalue weighted by Crippen LogP contribution is 2.17. The van der Waals surface area contributed by atoms with Crippen molar-refractivity contribution in [1.29, 1.82) is 0 Å². The second-order valence-electron chi connectivity index (χ2n) is 5.17. The van der Waals surface area contributed by atoms with Gasteiger partial charge in [0.1, 0.15) is 0 Å². The topological polar surface area (TPSA) is 90.6 Å². The number of carbonyl (C=O) groups is 1. The van der Waals surface area contributed by atoms with E-state index in [1.54, 1.807) is 24.3 Å². The van der Waals surface area contributed by atoms with Crippen LogP contribution in [0.4, 0.5) is 4.39 Å². The van der Waals surface area contributed by atoms with Crippen LogP contribution in [0.25, 0.3) is 5.65 Å². The van der Waals surface area contributed by atoms with Gasteiger partial charge in [0.05, 0.1) is 13.7 Å². The molecule has 0 spiro atoms. The highest BCUT2D eigenvalue weighted by atomic mass is 19.1. The first-order valence-corrected chi connectivity index (χ1v) is 7.52. The van der Waals surface area contributed by atoms with E-state index >= 15 is 0 Å². The van der Waals surface area contributed by atoms with Crippen LogP contribution in [0, 0.1) is 5.82 Å². The second-order valence-corrected chi connectivity index (χ2v) is 5.17. The number of halogens is 1. The lowest BCUT2D eigenvalue weighted by molar-refractivity contribution is -0.127. The number of aromatic nitrogens is 4. The second kappa shape index (κ2) is 7.12. The maximum atomic E-state index is 13.6. The summed E-state index contributed by atoms with van der Waals surface area (Å²) in [6.07, 6.45) is -0.876. The summed E-state index contributed by atoms with van der Waals surface area (Å²) >= 11 is 0. The van der Waals surface area contributed by atoms with Gasteiger partial charge in [-0.25, -0.2) is 4.39 Å². The van der Waals surface area contributed by atoms with E-state index in [1.165, 1.54) is 30.7 Å². The highest BCUT2D eigenvalue weighted by molar-refractivity contribution is 5.80. The average molecular weight is 345 g/mol. The molecule has 0 fully saturated rings. The predicted octanol–water partition coefficient (Wildman–Crippen LogP) is 1.36. The molecule has 0 unspecified atom stereocenters. The molecule has 0 saturated heterocycles. The number of benzene rings is 1. The van der Waals surface area contributed by atoms with Crippen molar-refractivity contribution in [2.24, 2.45) is 0 Å². The Morgan fingerprint density at radius 1 is 1.28 bits per heavy atom. The minimum Gasteiger partial charge on any atom is -0.480 e. The van der Waals surface area contributed by atoms with Crippen molar-refractivity contribution in [3.05, 3.63) is 48.0 Å². The van der Waals surface area contributed by atoms with Crippen LogP contribution in [0.2, 0.25) is 0 Å². The van der Waals surface area contributed by atoms with Gasteiger partial charge in [-0.2, -0.15) is 4.52 Å². The number of hydrogen-bond donors (Lipinski definition) is 1. The molecule has 9 heteroatoms. The number of amides is 1. The zero-order chi connectivity index (χ0) is 17.8. The molecule has 0 saturated carbocycles. The first kappa shape index (κ1) is 16.6. The number of fused-ring (bicyclic) bond motifs is 1. The number of para-hydroxylation sites is 1. The SMILES string of the molecule is COc1ccc2nnc(CNC(=O)[C@H](C)Oc3ccccc3F)n2n1. The molecule has 1 aromatic carbocycles. The van der Waals surface area contributed by atoms with Crippen LogP contribution in [-0.2, 0) is 11.3 Å². The Kier molecular flexibility index (Phi) is 4.73. The minimum absolute atomic E-state index is 0.0180. The van der Waals surface area contributed by atoms with Crippen molar-refractivity contribution in [3.8, 4) is 11.6 Å². The summed E-state index contributed by atoms with van der Waals surface area (Å²) in [7, 11) is 1.50. The summed E-state index contributed by atoms with van der Waals surface area (Å²) in [5, 5.41) is 14.8. The molecule has 0 aliphatic carbocycles. The quantitative estimate of drug-likeness (QED) is 0.725. The minimum atomic E-state index is -0.876. The van der Waals surface area contributed by atoms with Gasteiger partial charge in [-0.1, -0.05) is 12.1 Å². The molecule has 130 valence electrons. The fourth-order valence-corrected chi connectivity index (χ4v) is 2.13. The van der Waals surface area contributed by atoms with Crippen molar-refractivity contribution in [2.45, 2.75) is 19.6 Å². The van der Waals surface area contributed by atoms with E-state index in [0.717, 1.165) is 0 Å². The summed E-state index contributed by atoms with van der Waals surface area (Å²) in [6.45, 7) is 1.62. The highest BCUT2D eigenvalue weighted by Gasteiger charge is 2.17. The predicted molar refractivity (Wildman–Crippen MR) is 85.7 cm³/mol. The Balaban J connectivity index is 1.65. The van der Waals surface area contributed by atoms with E-state index in [9.17, 15) is 9.18 Å². The van der Waals surface area contributed by atoms with E-state index in [0.29, 0.717) is 17.4 Å². The molecule has 0 aliphatic rings. The fraction of sp³-hybridized carbons (Fsp3) is 0.250. The van der Waals surface area contributed by atoms with Gasteiger partial charge in [0.25, 0.3) is 5.91 Å². The zero-order valence-corrected chi connectivity index (χ0v) is 13.6. The van der Waals surface area contributed by atoms with E-state index in [1.807, 2.05) is 0 Å². The number of methoxy groups -OCH3 is 1. The van der Waals surface area contributed by atoms with Crippen LogP contribution in [-0.4, -0.2) is 38.9 Å². The first-order chi connectivity index (χ1) is 12.1. The number of ether oxygens (including phenoxy) is 2. The molecule has 0 bridgehead atoms. The molecule has 3 rings (SSSR count). The fourth-order valence-electron chi connectivity index (χ4n) is 2.13. The molecule has 0 radical (unpaired) electrons. The summed E-state index contributed by atoms with van der Waals surface area (Å²) in [5.74, 6) is -0.0919. The first-order valence-electron chi connectivity index (χ1n) is 7.52. The van der Waals surface area contributed by atoms with Gasteiger partial charge >= 0.3 is 0 Å². The summed E-state index contributed by atoms with van der Waals surface area (Å²) in [5.41, 5.74) is 0.528. The van der Waals surface area contributed by atoms with Gasteiger partial charge in [0.2, 0.25) is 5.88 Å². The summed E-state index contributed by atoms with van der Waals surface area (Å²) in [4.78, 5) is 12.2. The van der Waals surface area contributed by atoms with Crippen LogP contribution in [0.3, 0.4) is 0 Å². The number of rotatable bonds is 6. The van der Waals surface area contributed by atoms with Gasteiger partial charge in [-0.3, -0.25) is 4.79 Å². The molecular formula is C16H16FN5O3. The lowest BCUT2D eigenvalue weighted by atomic mass is 10.3.